The summed E-state index contributed by atoms with van der Waals surface area (Å²) in [5.41, 5.74) is -2.75. The van der Waals surface area contributed by atoms with Gasteiger partial charge in [-0.3, -0.25) is 9.68 Å². The molecule has 0 aromatic carbocycles. The molecule has 0 heterocycles. The van der Waals surface area contributed by atoms with Crippen LogP contribution in [0.25, 0.3) is 0 Å². The van der Waals surface area contributed by atoms with Crippen LogP contribution in [0.2, 0.25) is 0 Å². The van der Waals surface area contributed by atoms with E-state index in [0.29, 0.717) is 0 Å². The number of halogens is 1. The molecule has 0 radical (unpaired) electrons. The third kappa shape index (κ3) is 4.58. The number of aliphatic hydroxyl groups is 1. The van der Waals surface area contributed by atoms with Crippen molar-refractivity contribution in [3.05, 3.63) is 0 Å². The van der Waals surface area contributed by atoms with E-state index in [1.165, 1.54) is 0 Å². The van der Waals surface area contributed by atoms with Crippen LogP contribution in [0.15, 0.2) is 0 Å². The number of carbonyl (C=O) groups is 3. The first-order chi connectivity index (χ1) is 6.81. The lowest BCUT2D eigenvalue weighted by atomic mass is 9.96. The SMILES string of the molecule is O=C(O)CC(O)(CC(=O)OOCl)C(=O)O. The Bertz CT molecular complexity index is 276. The van der Waals surface area contributed by atoms with Crippen molar-refractivity contribution in [2.45, 2.75) is 18.4 Å². The number of carboxylic acid groups (broad SMARTS) is 2. The molecule has 0 bridgehead atoms. The van der Waals surface area contributed by atoms with Crippen molar-refractivity contribution in [2.75, 3.05) is 0 Å². The van der Waals surface area contributed by atoms with Gasteiger partial charge in [0.15, 0.2) is 5.60 Å². The third-order valence-electron chi connectivity index (χ3n) is 1.40. The smallest absolute Gasteiger partial charge is 0.347 e. The van der Waals surface area contributed by atoms with Crippen LogP contribution >= 0.6 is 11.9 Å². The Labute approximate surface area is 88.1 Å². The summed E-state index contributed by atoms with van der Waals surface area (Å²) in [7, 11) is 0. The molecule has 86 valence electrons. The molecule has 0 rings (SSSR count). The van der Waals surface area contributed by atoms with Gasteiger partial charge in [0.25, 0.3) is 0 Å². The Kier molecular flexibility index (Phi) is 4.98. The molecule has 0 aliphatic rings. The van der Waals surface area contributed by atoms with E-state index in [0.717, 1.165) is 0 Å². The Morgan fingerprint density at radius 2 is 1.73 bits per heavy atom. The standard InChI is InChI=1S/C6H7ClO8/c7-15-14-4(10)2-6(13,5(11)12)1-3(8)9/h13H,1-2H2,(H,8,9)(H,11,12). The van der Waals surface area contributed by atoms with Crippen molar-refractivity contribution in [3.8, 4) is 0 Å². The lowest BCUT2D eigenvalue weighted by Crippen LogP contribution is -2.43. The lowest BCUT2D eigenvalue weighted by molar-refractivity contribution is -0.217. The maximum absolute atomic E-state index is 10.7. The van der Waals surface area contributed by atoms with Gasteiger partial charge in [-0.25, -0.2) is 9.59 Å². The zero-order valence-corrected chi connectivity index (χ0v) is 7.93. The van der Waals surface area contributed by atoms with Crippen LogP contribution in [-0.2, 0) is 23.7 Å². The highest BCUT2D eigenvalue weighted by atomic mass is 35.5. The van der Waals surface area contributed by atoms with Crippen LogP contribution < -0.4 is 0 Å². The predicted octanol–water partition coefficient (Wildman–Crippen LogP) is -0.704. The Balaban J connectivity index is 4.58. The fraction of sp³-hybridized carbons (Fsp3) is 0.500. The van der Waals surface area contributed by atoms with Crippen LogP contribution in [0.4, 0.5) is 0 Å². The zero-order valence-electron chi connectivity index (χ0n) is 7.18. The minimum absolute atomic E-state index is 1.10. The molecule has 0 fully saturated rings. The minimum atomic E-state index is -2.75. The second-order valence-corrected chi connectivity index (χ2v) is 2.73. The van der Waals surface area contributed by atoms with Gasteiger partial charge in [0.1, 0.15) is 11.9 Å². The second-order valence-electron chi connectivity index (χ2n) is 2.60. The number of carboxylic acids is 2. The summed E-state index contributed by atoms with van der Waals surface area (Å²) < 4.78 is 3.41. The molecule has 0 saturated carbocycles. The van der Waals surface area contributed by atoms with E-state index >= 15 is 0 Å². The molecule has 8 nitrogen and oxygen atoms in total. The van der Waals surface area contributed by atoms with Crippen LogP contribution in [0.3, 0.4) is 0 Å². The Hall–Kier alpha value is -1.38. The zero-order chi connectivity index (χ0) is 12.1. The molecular weight excluding hydrogens is 236 g/mol. The first-order valence-corrected chi connectivity index (χ1v) is 3.78. The fourth-order valence-corrected chi connectivity index (χ4v) is 0.838. The maximum Gasteiger partial charge on any atom is 0.347 e. The van der Waals surface area contributed by atoms with Crippen molar-refractivity contribution >= 4 is 29.8 Å². The van der Waals surface area contributed by atoms with Gasteiger partial charge in [0.2, 0.25) is 0 Å². The van der Waals surface area contributed by atoms with Gasteiger partial charge < -0.3 is 15.3 Å². The number of aliphatic carboxylic acids is 2. The van der Waals surface area contributed by atoms with Gasteiger partial charge in [0, 0.05) is 0 Å². The highest BCUT2D eigenvalue weighted by Crippen LogP contribution is 2.17. The fourth-order valence-electron chi connectivity index (χ4n) is 0.767. The molecule has 0 aliphatic heterocycles. The van der Waals surface area contributed by atoms with Crippen LogP contribution in [0, 0.1) is 0 Å². The van der Waals surface area contributed by atoms with Crippen molar-refractivity contribution in [3.63, 3.8) is 0 Å². The molecular formula is C6H7ClO8. The van der Waals surface area contributed by atoms with E-state index < -0.39 is 36.4 Å². The van der Waals surface area contributed by atoms with E-state index in [2.05, 4.69) is 21.2 Å². The first-order valence-electron chi connectivity index (χ1n) is 3.47. The maximum atomic E-state index is 10.7. The van der Waals surface area contributed by atoms with E-state index in [9.17, 15) is 19.5 Å². The topological polar surface area (TPSA) is 130 Å². The van der Waals surface area contributed by atoms with Gasteiger partial charge in [0.05, 0.1) is 12.8 Å². The summed E-state index contributed by atoms with van der Waals surface area (Å²) in [6, 6.07) is 0. The lowest BCUT2D eigenvalue weighted by Gasteiger charge is -2.18. The first kappa shape index (κ1) is 13.6. The number of rotatable bonds is 6. The molecule has 0 aliphatic carbocycles. The molecule has 1 unspecified atom stereocenters. The molecule has 0 amide bonds. The Morgan fingerprint density at radius 1 is 1.20 bits per heavy atom. The molecule has 0 spiro atoms. The molecule has 15 heavy (non-hydrogen) atoms. The molecule has 1 atom stereocenters. The van der Waals surface area contributed by atoms with Crippen molar-refractivity contribution in [1.82, 2.24) is 0 Å². The van der Waals surface area contributed by atoms with Crippen molar-refractivity contribution in [2.24, 2.45) is 0 Å². The van der Waals surface area contributed by atoms with Gasteiger partial charge in [-0.15, -0.1) is 0 Å². The number of carbonyl (C=O) groups excluding carboxylic acids is 1. The summed E-state index contributed by atoms with van der Waals surface area (Å²) in [4.78, 5) is 35.1. The van der Waals surface area contributed by atoms with Gasteiger partial charge >= 0.3 is 17.9 Å². The highest BCUT2D eigenvalue weighted by molar-refractivity contribution is 6.07. The normalized spacial score (nSPS) is 14.0. The van der Waals surface area contributed by atoms with Gasteiger partial charge in [-0.2, -0.15) is 0 Å². The van der Waals surface area contributed by atoms with Gasteiger partial charge in [-0.1, -0.05) is 4.44 Å². The molecule has 0 aromatic rings. The molecule has 0 aromatic heterocycles. The third-order valence-corrected chi connectivity index (χ3v) is 1.47. The molecule has 9 heteroatoms. The summed E-state index contributed by atoms with van der Waals surface area (Å²) in [5.74, 6) is -4.76. The van der Waals surface area contributed by atoms with Crippen LogP contribution in [0.1, 0.15) is 12.8 Å². The monoisotopic (exact) mass is 242 g/mol. The number of hydrogen-bond donors (Lipinski definition) is 3. The highest BCUT2D eigenvalue weighted by Gasteiger charge is 2.41. The summed E-state index contributed by atoms with van der Waals surface area (Å²) in [5, 5.41) is 26.1. The largest absolute Gasteiger partial charge is 0.481 e. The van der Waals surface area contributed by atoms with Crippen molar-refractivity contribution in [1.29, 1.82) is 0 Å². The van der Waals surface area contributed by atoms with E-state index in [1.54, 1.807) is 0 Å². The minimum Gasteiger partial charge on any atom is -0.481 e. The van der Waals surface area contributed by atoms with E-state index in [-0.39, 0.29) is 0 Å². The second kappa shape index (κ2) is 5.49. The van der Waals surface area contributed by atoms with Crippen LogP contribution in [0.5, 0.6) is 0 Å². The van der Waals surface area contributed by atoms with Gasteiger partial charge in [-0.05, 0) is 0 Å². The summed E-state index contributed by atoms with van der Waals surface area (Å²) in [6.45, 7) is 0. The Morgan fingerprint density at radius 3 is 2.07 bits per heavy atom. The molecule has 0 saturated heterocycles. The average Bonchev–Trinajstić information content (AvgIpc) is 2.01. The van der Waals surface area contributed by atoms with Crippen LogP contribution in [-0.4, -0.2) is 38.8 Å². The average molecular weight is 243 g/mol. The van der Waals surface area contributed by atoms with E-state index in [1.807, 2.05) is 0 Å². The van der Waals surface area contributed by atoms with E-state index in [4.69, 9.17) is 10.2 Å². The summed E-state index contributed by atoms with van der Waals surface area (Å²) in [6.07, 6.45) is -2.25. The van der Waals surface area contributed by atoms with Crippen molar-refractivity contribution < 1.29 is 39.0 Å². The molecule has 3 N–H and O–H groups in total. The number of hydrogen-bond acceptors (Lipinski definition) is 6. The quantitative estimate of drug-likeness (QED) is 0.411. The summed E-state index contributed by atoms with van der Waals surface area (Å²) >= 11 is 4.52. The predicted molar refractivity (Wildman–Crippen MR) is 42.5 cm³/mol.